The van der Waals surface area contributed by atoms with E-state index in [1.54, 1.807) is 0 Å². The highest BCUT2D eigenvalue weighted by atomic mass is 16.5. The van der Waals surface area contributed by atoms with Gasteiger partial charge in [0.25, 0.3) is 5.91 Å². The van der Waals surface area contributed by atoms with E-state index >= 15 is 0 Å². The van der Waals surface area contributed by atoms with Crippen LogP contribution in [0.15, 0.2) is 24.3 Å². The van der Waals surface area contributed by atoms with Gasteiger partial charge in [0.05, 0.1) is 12.5 Å². The number of hydrogen-bond donors (Lipinski definition) is 2. The van der Waals surface area contributed by atoms with E-state index in [4.69, 9.17) is 14.8 Å². The minimum atomic E-state index is -0.868. The van der Waals surface area contributed by atoms with Gasteiger partial charge >= 0.3 is 5.97 Å². The van der Waals surface area contributed by atoms with Crippen molar-refractivity contribution in [1.82, 2.24) is 10.3 Å². The van der Waals surface area contributed by atoms with Crippen LogP contribution in [0.25, 0.3) is 10.8 Å². The molecule has 2 aliphatic rings. The van der Waals surface area contributed by atoms with Crippen LogP contribution in [-0.2, 0) is 11.2 Å². The fourth-order valence-corrected chi connectivity index (χ4v) is 6.45. The Kier molecular flexibility index (Phi) is 9.23. The lowest BCUT2D eigenvalue weighted by atomic mass is 9.69. The molecule has 0 atom stereocenters. The molecule has 0 spiro atoms. The number of aromatic nitrogens is 1. The van der Waals surface area contributed by atoms with Gasteiger partial charge < -0.3 is 15.2 Å². The number of ether oxygens (including phenoxy) is 1. The highest BCUT2D eigenvalue weighted by Crippen LogP contribution is 2.41. The first-order valence-corrected chi connectivity index (χ1v) is 15.1. The summed E-state index contributed by atoms with van der Waals surface area (Å²) in [5.41, 5.74) is 1.22. The molecule has 1 aromatic heterocycles. The third-order valence-corrected chi connectivity index (χ3v) is 9.42. The molecule has 2 aliphatic carbocycles. The van der Waals surface area contributed by atoms with E-state index in [0.29, 0.717) is 17.0 Å². The highest BCUT2D eigenvalue weighted by Gasteiger charge is 2.32. The number of carbonyl (C=O) groups is 2. The van der Waals surface area contributed by atoms with Crippen molar-refractivity contribution in [3.63, 3.8) is 0 Å². The van der Waals surface area contributed by atoms with Gasteiger partial charge in [-0.15, -0.1) is 0 Å². The smallest absolute Gasteiger partial charge is 0.303 e. The highest BCUT2D eigenvalue weighted by molar-refractivity contribution is 5.97. The molecule has 0 bridgehead atoms. The molecule has 0 saturated heterocycles. The normalized spacial score (nSPS) is 20.7. The minimum Gasteiger partial charge on any atom is -0.490 e. The van der Waals surface area contributed by atoms with Crippen LogP contribution < -0.4 is 10.1 Å². The molecule has 0 unspecified atom stereocenters. The lowest BCUT2D eigenvalue weighted by Crippen LogP contribution is -2.35. The number of carboxylic acids is 1. The molecule has 2 fully saturated rings. The first-order valence-electron chi connectivity index (χ1n) is 15.1. The summed E-state index contributed by atoms with van der Waals surface area (Å²) in [5.74, 6) is 1.13. The zero-order valence-electron chi connectivity index (χ0n) is 24.6. The quantitative estimate of drug-likeness (QED) is 0.309. The SMILES string of the molecule is CCC(C)(C)C1CCC(Oc2ccc3cc(C(=O)NCC(C)(C)CC(=O)O)nc(CC4CCCC4)c3c2)CC1. The number of amides is 1. The lowest BCUT2D eigenvalue weighted by Gasteiger charge is -2.38. The van der Waals surface area contributed by atoms with Crippen molar-refractivity contribution in [1.29, 1.82) is 0 Å². The Morgan fingerprint density at radius 2 is 1.72 bits per heavy atom. The molecule has 214 valence electrons. The fourth-order valence-electron chi connectivity index (χ4n) is 6.45. The van der Waals surface area contributed by atoms with E-state index in [1.807, 2.05) is 26.0 Å². The van der Waals surface area contributed by atoms with Crippen LogP contribution in [0.3, 0.4) is 0 Å². The summed E-state index contributed by atoms with van der Waals surface area (Å²) in [6.07, 6.45) is 11.9. The molecule has 1 aromatic carbocycles. The monoisotopic (exact) mass is 536 g/mol. The molecular weight excluding hydrogens is 488 g/mol. The number of fused-ring (bicyclic) bond motifs is 1. The lowest BCUT2D eigenvalue weighted by molar-refractivity contribution is -0.139. The summed E-state index contributed by atoms with van der Waals surface area (Å²) in [7, 11) is 0. The van der Waals surface area contributed by atoms with Crippen LogP contribution in [0, 0.1) is 22.7 Å². The van der Waals surface area contributed by atoms with Crippen LogP contribution in [0.5, 0.6) is 5.75 Å². The fraction of sp³-hybridized carbons (Fsp3) is 0.667. The predicted molar refractivity (Wildman–Crippen MR) is 156 cm³/mol. The van der Waals surface area contributed by atoms with Gasteiger partial charge in [0.1, 0.15) is 11.4 Å². The number of nitrogens with zero attached hydrogens (tertiary/aromatic N) is 1. The molecule has 2 saturated carbocycles. The Hall–Kier alpha value is -2.63. The number of pyridine rings is 1. The van der Waals surface area contributed by atoms with Crippen LogP contribution in [0.4, 0.5) is 0 Å². The number of rotatable bonds is 11. The van der Waals surface area contributed by atoms with Gasteiger partial charge in [-0.3, -0.25) is 9.59 Å². The minimum absolute atomic E-state index is 0.00779. The Bertz CT molecular complexity index is 1160. The largest absolute Gasteiger partial charge is 0.490 e. The van der Waals surface area contributed by atoms with Gasteiger partial charge in [-0.05, 0) is 78.4 Å². The standard InChI is InChI=1S/C33H48N2O4/c1-6-33(4,5)24-12-15-25(16-13-24)39-26-14-11-23-18-29(31(38)34-21-32(2,3)20-30(36)37)35-28(27(23)19-26)17-22-9-7-8-10-22/h11,14,18-19,22,24-25H,6-10,12-13,15-17,20-21H2,1-5H3,(H,34,38)(H,36,37). The third kappa shape index (κ3) is 7.73. The molecule has 0 radical (unpaired) electrons. The van der Waals surface area contributed by atoms with Crippen molar-refractivity contribution >= 4 is 22.6 Å². The molecule has 1 amide bonds. The van der Waals surface area contributed by atoms with Crippen molar-refractivity contribution in [2.24, 2.45) is 22.7 Å². The average molecular weight is 537 g/mol. The van der Waals surface area contributed by atoms with Crippen LogP contribution in [0.2, 0.25) is 0 Å². The maximum Gasteiger partial charge on any atom is 0.303 e. The number of carboxylic acid groups (broad SMARTS) is 1. The maximum atomic E-state index is 13.1. The molecule has 2 aromatic rings. The summed E-state index contributed by atoms with van der Waals surface area (Å²) < 4.78 is 6.51. The van der Waals surface area contributed by atoms with Gasteiger partial charge in [0.15, 0.2) is 0 Å². The molecular formula is C33H48N2O4. The van der Waals surface area contributed by atoms with Crippen molar-refractivity contribution < 1.29 is 19.4 Å². The van der Waals surface area contributed by atoms with E-state index in [-0.39, 0.29) is 25.0 Å². The number of carbonyl (C=O) groups excluding carboxylic acids is 1. The summed E-state index contributed by atoms with van der Waals surface area (Å²) in [6.45, 7) is 11.1. The van der Waals surface area contributed by atoms with Crippen molar-refractivity contribution in [3.8, 4) is 5.75 Å². The number of hydrogen-bond acceptors (Lipinski definition) is 4. The zero-order chi connectivity index (χ0) is 28.2. The van der Waals surface area contributed by atoms with Crippen molar-refractivity contribution in [2.45, 2.75) is 111 Å². The van der Waals surface area contributed by atoms with Crippen LogP contribution in [0.1, 0.15) is 115 Å². The van der Waals surface area contributed by atoms with Gasteiger partial charge in [-0.1, -0.05) is 72.8 Å². The van der Waals surface area contributed by atoms with E-state index < -0.39 is 11.4 Å². The van der Waals surface area contributed by atoms with E-state index in [1.165, 1.54) is 44.9 Å². The molecule has 4 rings (SSSR count). The van der Waals surface area contributed by atoms with E-state index in [9.17, 15) is 9.59 Å². The Morgan fingerprint density at radius 3 is 2.36 bits per heavy atom. The molecule has 2 N–H and O–H groups in total. The first-order chi connectivity index (χ1) is 18.5. The molecule has 6 heteroatoms. The second kappa shape index (κ2) is 12.3. The summed E-state index contributed by atoms with van der Waals surface area (Å²) in [4.78, 5) is 29.2. The summed E-state index contributed by atoms with van der Waals surface area (Å²) in [6, 6.07) is 8.07. The zero-order valence-corrected chi connectivity index (χ0v) is 24.6. The Balaban J connectivity index is 1.52. The molecule has 6 nitrogen and oxygen atoms in total. The van der Waals surface area contributed by atoms with Crippen molar-refractivity contribution in [2.75, 3.05) is 6.54 Å². The number of benzene rings is 1. The second-order valence-electron chi connectivity index (χ2n) is 13.5. The Labute approximate surface area is 234 Å². The van der Waals surface area contributed by atoms with Gasteiger partial charge in [-0.2, -0.15) is 0 Å². The van der Waals surface area contributed by atoms with Crippen LogP contribution >= 0.6 is 0 Å². The summed E-state index contributed by atoms with van der Waals surface area (Å²) in [5, 5.41) is 14.2. The van der Waals surface area contributed by atoms with Crippen molar-refractivity contribution in [3.05, 3.63) is 35.7 Å². The van der Waals surface area contributed by atoms with Gasteiger partial charge in [0, 0.05) is 17.6 Å². The van der Waals surface area contributed by atoms with Gasteiger partial charge in [0.2, 0.25) is 0 Å². The second-order valence-corrected chi connectivity index (χ2v) is 13.5. The molecule has 1 heterocycles. The molecule has 39 heavy (non-hydrogen) atoms. The maximum absolute atomic E-state index is 13.1. The predicted octanol–water partition coefficient (Wildman–Crippen LogP) is 7.57. The summed E-state index contributed by atoms with van der Waals surface area (Å²) >= 11 is 0. The Morgan fingerprint density at radius 1 is 1.03 bits per heavy atom. The average Bonchev–Trinajstić information content (AvgIpc) is 3.40. The first kappa shape index (κ1) is 29.4. The molecule has 0 aliphatic heterocycles. The number of aliphatic carboxylic acids is 1. The van der Waals surface area contributed by atoms with Crippen LogP contribution in [-0.4, -0.2) is 34.6 Å². The topological polar surface area (TPSA) is 88.5 Å². The van der Waals surface area contributed by atoms with E-state index in [0.717, 1.165) is 47.4 Å². The third-order valence-electron chi connectivity index (χ3n) is 9.42. The number of nitrogens with one attached hydrogen (secondary N) is 1. The van der Waals surface area contributed by atoms with Gasteiger partial charge in [-0.25, -0.2) is 4.98 Å². The van der Waals surface area contributed by atoms with E-state index in [2.05, 4.69) is 38.2 Å².